The molecule has 38 heavy (non-hydrogen) atoms. The molecule has 1 fully saturated rings. The fraction of sp³-hybridized carbons (Fsp3) is 0.333. The number of anilines is 1. The van der Waals surface area contributed by atoms with Crippen molar-refractivity contribution in [2.24, 2.45) is 0 Å². The Bertz CT molecular complexity index is 1490. The van der Waals surface area contributed by atoms with Crippen LogP contribution in [0.3, 0.4) is 0 Å². The summed E-state index contributed by atoms with van der Waals surface area (Å²) >= 11 is 1.64. The Morgan fingerprint density at radius 1 is 1.13 bits per heavy atom. The number of aryl methyl sites for hydroxylation is 1. The first-order valence-corrected chi connectivity index (χ1v) is 14.1. The van der Waals surface area contributed by atoms with Crippen LogP contribution < -0.4 is 15.5 Å². The van der Waals surface area contributed by atoms with Gasteiger partial charge in [-0.2, -0.15) is 0 Å². The first-order chi connectivity index (χ1) is 18.2. The van der Waals surface area contributed by atoms with Crippen LogP contribution in [0.4, 0.5) is 5.82 Å². The van der Waals surface area contributed by atoms with Crippen molar-refractivity contribution in [3.8, 4) is 11.4 Å². The van der Waals surface area contributed by atoms with Crippen LogP contribution in [0.2, 0.25) is 0 Å². The van der Waals surface area contributed by atoms with Crippen LogP contribution in [0.25, 0.3) is 22.3 Å². The molecular weight excluding hydrogens is 492 g/mol. The topological polar surface area (TPSA) is 83.0 Å². The zero-order valence-electron chi connectivity index (χ0n) is 22.6. The van der Waals surface area contributed by atoms with Gasteiger partial charge in [-0.25, -0.2) is 9.97 Å². The van der Waals surface area contributed by atoms with E-state index in [-0.39, 0.29) is 11.4 Å². The lowest BCUT2D eigenvalue weighted by atomic mass is 9.99. The Morgan fingerprint density at radius 2 is 1.95 bits per heavy atom. The summed E-state index contributed by atoms with van der Waals surface area (Å²) in [6, 6.07) is 18.2. The molecule has 1 unspecified atom stereocenters. The highest BCUT2D eigenvalue weighted by molar-refractivity contribution is 7.98. The van der Waals surface area contributed by atoms with Crippen molar-refractivity contribution in [1.82, 2.24) is 25.6 Å². The van der Waals surface area contributed by atoms with Crippen LogP contribution in [0, 0.1) is 6.92 Å². The second-order valence-corrected chi connectivity index (χ2v) is 11.4. The van der Waals surface area contributed by atoms with E-state index in [2.05, 4.69) is 47.4 Å². The number of carbonyl (C=O) groups is 1. The molecule has 5 rings (SSSR count). The van der Waals surface area contributed by atoms with Crippen LogP contribution >= 0.6 is 11.8 Å². The number of carbonyl (C=O) groups excluding carboxylic acids is 1. The van der Waals surface area contributed by atoms with Gasteiger partial charge in [0.15, 0.2) is 0 Å². The third-order valence-corrected chi connectivity index (χ3v) is 7.87. The lowest BCUT2D eigenvalue weighted by Crippen LogP contribution is -2.61. The van der Waals surface area contributed by atoms with Gasteiger partial charge < -0.3 is 15.5 Å². The van der Waals surface area contributed by atoms with Gasteiger partial charge in [-0.05, 0) is 82.0 Å². The summed E-state index contributed by atoms with van der Waals surface area (Å²) in [4.78, 5) is 30.6. The molecule has 7 nitrogen and oxygen atoms in total. The number of rotatable bonds is 6. The van der Waals surface area contributed by atoms with Crippen molar-refractivity contribution in [2.45, 2.75) is 50.7 Å². The average molecular weight is 527 g/mol. The number of piperazine rings is 1. The van der Waals surface area contributed by atoms with Crippen LogP contribution in [0.15, 0.2) is 65.7 Å². The predicted octanol–water partition coefficient (Wildman–Crippen LogP) is 5.23. The monoisotopic (exact) mass is 526 g/mol. The summed E-state index contributed by atoms with van der Waals surface area (Å²) in [6.07, 6.45) is 3.82. The number of hydrogen-bond donors (Lipinski definition) is 2. The molecule has 4 aromatic rings. The predicted molar refractivity (Wildman–Crippen MR) is 156 cm³/mol. The van der Waals surface area contributed by atoms with Gasteiger partial charge >= 0.3 is 0 Å². The maximum absolute atomic E-state index is 12.7. The van der Waals surface area contributed by atoms with Crippen molar-refractivity contribution < 1.29 is 4.79 Å². The summed E-state index contributed by atoms with van der Waals surface area (Å²) in [6.45, 7) is 10.8. The first kappa shape index (κ1) is 26.1. The molecule has 196 valence electrons. The van der Waals surface area contributed by atoms with Gasteiger partial charge in [-0.3, -0.25) is 9.78 Å². The summed E-state index contributed by atoms with van der Waals surface area (Å²) in [7, 11) is 0. The van der Waals surface area contributed by atoms with Crippen LogP contribution in [0.5, 0.6) is 0 Å². The van der Waals surface area contributed by atoms with E-state index in [1.54, 1.807) is 18.0 Å². The van der Waals surface area contributed by atoms with Gasteiger partial charge in [0.1, 0.15) is 5.82 Å². The minimum atomic E-state index is -0.116. The fourth-order valence-electron chi connectivity index (χ4n) is 4.74. The van der Waals surface area contributed by atoms with E-state index in [9.17, 15) is 4.79 Å². The molecule has 0 saturated carbocycles. The zero-order chi connectivity index (χ0) is 26.9. The number of nitrogens with one attached hydrogen (secondary N) is 2. The molecule has 1 saturated heterocycles. The van der Waals surface area contributed by atoms with E-state index in [1.807, 2.05) is 61.7 Å². The van der Waals surface area contributed by atoms with E-state index < -0.39 is 0 Å². The second-order valence-electron chi connectivity index (χ2n) is 10.6. The fourth-order valence-corrected chi connectivity index (χ4v) is 5.37. The number of pyridine rings is 3. The summed E-state index contributed by atoms with van der Waals surface area (Å²) in [5, 5.41) is 7.53. The highest BCUT2D eigenvalue weighted by Crippen LogP contribution is 2.26. The Labute approximate surface area is 228 Å². The van der Waals surface area contributed by atoms with E-state index in [4.69, 9.17) is 9.97 Å². The Morgan fingerprint density at radius 3 is 2.76 bits per heavy atom. The van der Waals surface area contributed by atoms with Gasteiger partial charge in [0.25, 0.3) is 5.91 Å². The summed E-state index contributed by atoms with van der Waals surface area (Å²) in [5.41, 5.74) is 5.07. The standard InChI is InChI=1S/C30H34N6OS/c1-19-9-10-21(13-27(19)38-5)29(37)32-17-23-14-26-22(16-31-23)11-12-25(34-26)24-7-6-8-28(35-24)36-18-30(3,4)33-15-20(36)2/h6-14,16,20,33H,15,17-18H2,1-5H3,(H,32,37). The quantitative estimate of drug-likeness (QED) is 0.333. The average Bonchev–Trinajstić information content (AvgIpc) is 2.93. The van der Waals surface area contributed by atoms with Crippen LogP contribution in [-0.2, 0) is 6.54 Å². The molecule has 8 heteroatoms. The molecular formula is C30H34N6OS. The molecule has 1 aliphatic heterocycles. The Balaban J connectivity index is 1.35. The number of amides is 1. The number of nitrogens with zero attached hydrogens (tertiary/aromatic N) is 4. The van der Waals surface area contributed by atoms with E-state index in [1.165, 1.54) is 5.56 Å². The first-order valence-electron chi connectivity index (χ1n) is 12.9. The van der Waals surface area contributed by atoms with Gasteiger partial charge in [0.2, 0.25) is 0 Å². The van der Waals surface area contributed by atoms with E-state index >= 15 is 0 Å². The van der Waals surface area contributed by atoms with Gasteiger partial charge in [-0.1, -0.05) is 12.1 Å². The lowest BCUT2D eigenvalue weighted by molar-refractivity contribution is 0.0950. The van der Waals surface area contributed by atoms with Gasteiger partial charge in [0.05, 0.1) is 29.1 Å². The minimum absolute atomic E-state index is 0.0287. The van der Waals surface area contributed by atoms with Gasteiger partial charge in [-0.15, -0.1) is 11.8 Å². The van der Waals surface area contributed by atoms with E-state index in [0.717, 1.165) is 51.8 Å². The lowest BCUT2D eigenvalue weighted by Gasteiger charge is -2.44. The molecule has 0 spiro atoms. The summed E-state index contributed by atoms with van der Waals surface area (Å²) < 4.78 is 0. The molecule has 1 amide bonds. The van der Waals surface area contributed by atoms with Crippen molar-refractivity contribution in [3.63, 3.8) is 0 Å². The number of hydrogen-bond acceptors (Lipinski definition) is 7. The third kappa shape index (κ3) is 5.66. The number of aromatic nitrogens is 3. The molecule has 1 aliphatic rings. The number of thioether (sulfide) groups is 1. The SMILES string of the molecule is CSc1cc(C(=O)NCc2cc3nc(-c4cccc(N5CC(C)(C)NCC5C)n4)ccc3cn2)ccc1C. The molecule has 1 atom stereocenters. The number of fused-ring (bicyclic) bond motifs is 1. The maximum Gasteiger partial charge on any atom is 0.251 e. The van der Waals surface area contributed by atoms with Crippen molar-refractivity contribution >= 4 is 34.4 Å². The third-order valence-electron chi connectivity index (χ3n) is 7.00. The van der Waals surface area contributed by atoms with Gasteiger partial charge in [0, 0.05) is 46.7 Å². The Kier molecular flexibility index (Phi) is 7.36. The molecule has 4 heterocycles. The normalized spacial score (nSPS) is 17.0. The van der Waals surface area contributed by atoms with Crippen molar-refractivity contribution in [1.29, 1.82) is 0 Å². The maximum atomic E-state index is 12.7. The smallest absolute Gasteiger partial charge is 0.251 e. The number of benzene rings is 1. The molecule has 0 radical (unpaired) electrons. The molecule has 0 aliphatic carbocycles. The minimum Gasteiger partial charge on any atom is -0.351 e. The van der Waals surface area contributed by atoms with Crippen molar-refractivity contribution in [3.05, 3.63) is 77.6 Å². The molecule has 3 aromatic heterocycles. The highest BCUT2D eigenvalue weighted by Gasteiger charge is 2.31. The largest absolute Gasteiger partial charge is 0.351 e. The summed E-state index contributed by atoms with van der Waals surface area (Å²) in [5.74, 6) is 0.848. The highest BCUT2D eigenvalue weighted by atomic mass is 32.2. The second kappa shape index (κ2) is 10.7. The molecule has 2 N–H and O–H groups in total. The Hall–Kier alpha value is -3.49. The molecule has 1 aromatic carbocycles. The molecule has 0 bridgehead atoms. The van der Waals surface area contributed by atoms with Crippen LogP contribution in [-0.4, -0.2) is 51.8 Å². The zero-order valence-corrected chi connectivity index (χ0v) is 23.4. The van der Waals surface area contributed by atoms with Crippen molar-refractivity contribution in [2.75, 3.05) is 24.2 Å². The van der Waals surface area contributed by atoms with Crippen LogP contribution in [0.1, 0.15) is 42.4 Å². The van der Waals surface area contributed by atoms with E-state index in [0.29, 0.717) is 18.2 Å².